The molecular formula is C17H16F2N2O3. The number of carbonyl (C=O) groups excluding carboxylic acids is 2. The Morgan fingerprint density at radius 1 is 1.08 bits per heavy atom. The highest BCUT2D eigenvalue weighted by Crippen LogP contribution is 2.18. The largest absolute Gasteiger partial charge is 0.465 e. The predicted octanol–water partition coefficient (Wildman–Crippen LogP) is 3.11. The zero-order valence-electron chi connectivity index (χ0n) is 13.2. The first-order chi connectivity index (χ1) is 11.4. The van der Waals surface area contributed by atoms with Gasteiger partial charge in [-0.05, 0) is 36.8 Å². The molecular weight excluding hydrogens is 318 g/mol. The zero-order chi connectivity index (χ0) is 17.7. The summed E-state index contributed by atoms with van der Waals surface area (Å²) in [6.07, 6.45) is 0. The van der Waals surface area contributed by atoms with E-state index in [1.54, 1.807) is 18.2 Å². The molecule has 5 nitrogen and oxygen atoms in total. The van der Waals surface area contributed by atoms with Crippen molar-refractivity contribution in [1.82, 2.24) is 0 Å². The number of hydrogen-bond acceptors (Lipinski definition) is 4. The van der Waals surface area contributed by atoms with Crippen LogP contribution >= 0.6 is 0 Å². The molecule has 7 heteroatoms. The molecule has 2 aromatic rings. The molecule has 0 saturated carbocycles. The minimum absolute atomic E-state index is 0.107. The Balaban J connectivity index is 2.00. The summed E-state index contributed by atoms with van der Waals surface area (Å²) >= 11 is 0. The van der Waals surface area contributed by atoms with Gasteiger partial charge in [-0.3, -0.25) is 4.79 Å². The van der Waals surface area contributed by atoms with Crippen LogP contribution in [-0.4, -0.2) is 25.5 Å². The third kappa shape index (κ3) is 4.28. The quantitative estimate of drug-likeness (QED) is 0.825. The second-order valence-electron chi connectivity index (χ2n) is 5.05. The number of hydrogen-bond donors (Lipinski definition) is 2. The number of esters is 1. The van der Waals surface area contributed by atoms with Crippen LogP contribution in [0.25, 0.3) is 0 Å². The smallest absolute Gasteiger partial charge is 0.337 e. The van der Waals surface area contributed by atoms with Crippen LogP contribution in [0.15, 0.2) is 36.4 Å². The van der Waals surface area contributed by atoms with Gasteiger partial charge in [0.2, 0.25) is 5.91 Å². The fourth-order valence-electron chi connectivity index (χ4n) is 2.01. The molecule has 2 rings (SSSR count). The van der Waals surface area contributed by atoms with Crippen molar-refractivity contribution in [1.29, 1.82) is 0 Å². The summed E-state index contributed by atoms with van der Waals surface area (Å²) in [7, 11) is 1.28. The molecule has 1 amide bonds. The van der Waals surface area contributed by atoms with Crippen LogP contribution in [0.3, 0.4) is 0 Å². The molecule has 0 atom stereocenters. The lowest BCUT2D eigenvalue weighted by molar-refractivity contribution is -0.114. The van der Waals surface area contributed by atoms with Gasteiger partial charge in [0.25, 0.3) is 0 Å². The molecule has 0 fully saturated rings. The van der Waals surface area contributed by atoms with Crippen LogP contribution in [-0.2, 0) is 9.53 Å². The fraction of sp³-hybridized carbons (Fsp3) is 0.176. The maximum Gasteiger partial charge on any atom is 0.337 e. The number of benzene rings is 2. The number of carbonyl (C=O) groups is 2. The lowest BCUT2D eigenvalue weighted by atomic mass is 10.1. The van der Waals surface area contributed by atoms with E-state index in [2.05, 4.69) is 15.4 Å². The summed E-state index contributed by atoms with van der Waals surface area (Å²) in [6.45, 7) is 1.71. The second-order valence-corrected chi connectivity index (χ2v) is 5.05. The van der Waals surface area contributed by atoms with Gasteiger partial charge in [-0.25, -0.2) is 13.6 Å². The number of nitrogens with one attached hydrogen (secondary N) is 2. The first-order valence-electron chi connectivity index (χ1n) is 7.08. The maximum absolute atomic E-state index is 13.1. The minimum Gasteiger partial charge on any atom is -0.465 e. The number of ether oxygens (including phenoxy) is 1. The lowest BCUT2D eigenvalue weighted by Gasteiger charge is -2.11. The predicted molar refractivity (Wildman–Crippen MR) is 86.0 cm³/mol. The molecule has 0 aromatic heterocycles. The monoisotopic (exact) mass is 334 g/mol. The van der Waals surface area contributed by atoms with Crippen LogP contribution < -0.4 is 10.6 Å². The van der Waals surface area contributed by atoms with Crippen molar-refractivity contribution in [3.05, 3.63) is 59.2 Å². The molecule has 0 aliphatic carbocycles. The highest BCUT2D eigenvalue weighted by Gasteiger charge is 2.10. The number of rotatable bonds is 5. The molecule has 126 valence electrons. The van der Waals surface area contributed by atoms with E-state index >= 15 is 0 Å². The van der Waals surface area contributed by atoms with Gasteiger partial charge in [-0.1, -0.05) is 6.07 Å². The fourth-order valence-corrected chi connectivity index (χ4v) is 2.01. The number of halogens is 2. The van der Waals surface area contributed by atoms with Gasteiger partial charge in [0.15, 0.2) is 11.6 Å². The van der Waals surface area contributed by atoms with Gasteiger partial charge in [-0.15, -0.1) is 0 Å². The van der Waals surface area contributed by atoms with Crippen molar-refractivity contribution >= 4 is 23.3 Å². The maximum atomic E-state index is 13.1. The number of methoxy groups -OCH3 is 1. The Labute approximate surface area is 137 Å². The molecule has 0 radical (unpaired) electrons. The molecule has 0 aliphatic heterocycles. The van der Waals surface area contributed by atoms with Gasteiger partial charge < -0.3 is 15.4 Å². The molecule has 2 N–H and O–H groups in total. The van der Waals surface area contributed by atoms with Crippen LogP contribution in [0.1, 0.15) is 15.9 Å². The van der Waals surface area contributed by atoms with Crippen LogP contribution in [0.5, 0.6) is 0 Å². The van der Waals surface area contributed by atoms with E-state index in [-0.39, 0.29) is 12.2 Å². The molecule has 2 aromatic carbocycles. The summed E-state index contributed by atoms with van der Waals surface area (Å²) in [5.74, 6) is -2.95. The van der Waals surface area contributed by atoms with Crippen LogP contribution in [0.2, 0.25) is 0 Å². The van der Waals surface area contributed by atoms with E-state index in [0.717, 1.165) is 17.7 Å². The third-order valence-corrected chi connectivity index (χ3v) is 3.30. The standard InChI is InChI=1S/C17H16F2N2O3/c1-10-3-4-11(17(23)24-2)7-15(10)20-9-16(22)21-12-5-6-13(18)14(19)8-12/h3-8,20H,9H2,1-2H3,(H,21,22). The van der Waals surface area contributed by atoms with E-state index in [9.17, 15) is 18.4 Å². The van der Waals surface area contributed by atoms with E-state index in [0.29, 0.717) is 11.3 Å². The highest BCUT2D eigenvalue weighted by molar-refractivity contribution is 5.94. The Hall–Kier alpha value is -2.96. The lowest BCUT2D eigenvalue weighted by Crippen LogP contribution is -2.22. The average Bonchev–Trinajstić information content (AvgIpc) is 2.56. The Morgan fingerprint density at radius 2 is 1.83 bits per heavy atom. The topological polar surface area (TPSA) is 67.4 Å². The highest BCUT2D eigenvalue weighted by atomic mass is 19.2. The van der Waals surface area contributed by atoms with Crippen LogP contribution in [0, 0.1) is 18.6 Å². The Morgan fingerprint density at radius 3 is 2.50 bits per heavy atom. The van der Waals surface area contributed by atoms with Gasteiger partial charge in [0.1, 0.15) is 0 Å². The zero-order valence-corrected chi connectivity index (χ0v) is 13.2. The van der Waals surface area contributed by atoms with Crippen molar-refractivity contribution in [2.75, 3.05) is 24.3 Å². The van der Waals surface area contributed by atoms with Crippen molar-refractivity contribution < 1.29 is 23.1 Å². The molecule has 0 bridgehead atoms. The number of anilines is 2. The molecule has 0 unspecified atom stereocenters. The summed E-state index contributed by atoms with van der Waals surface area (Å²) in [4.78, 5) is 23.4. The first kappa shape index (κ1) is 17.4. The van der Waals surface area contributed by atoms with Crippen molar-refractivity contribution in [3.8, 4) is 0 Å². The Bertz CT molecular complexity index is 778. The average molecular weight is 334 g/mol. The summed E-state index contributed by atoms with van der Waals surface area (Å²) in [6, 6.07) is 8.01. The summed E-state index contributed by atoms with van der Waals surface area (Å²) in [5.41, 5.74) is 1.94. The molecule has 0 aliphatic rings. The van der Waals surface area contributed by atoms with Gasteiger partial charge in [0, 0.05) is 17.4 Å². The van der Waals surface area contributed by atoms with E-state index in [1.807, 2.05) is 6.92 Å². The van der Waals surface area contributed by atoms with Gasteiger partial charge in [0.05, 0.1) is 19.2 Å². The van der Waals surface area contributed by atoms with Gasteiger partial charge >= 0.3 is 5.97 Å². The number of aryl methyl sites for hydroxylation is 1. The third-order valence-electron chi connectivity index (χ3n) is 3.30. The Kier molecular flexibility index (Phi) is 5.47. The molecule has 24 heavy (non-hydrogen) atoms. The molecule has 0 saturated heterocycles. The molecule has 0 heterocycles. The van der Waals surface area contributed by atoms with Crippen molar-refractivity contribution in [2.24, 2.45) is 0 Å². The van der Waals surface area contributed by atoms with E-state index in [4.69, 9.17) is 0 Å². The van der Waals surface area contributed by atoms with Gasteiger partial charge in [-0.2, -0.15) is 0 Å². The van der Waals surface area contributed by atoms with Crippen molar-refractivity contribution in [2.45, 2.75) is 6.92 Å². The van der Waals surface area contributed by atoms with E-state index < -0.39 is 23.5 Å². The number of amides is 1. The molecule has 0 spiro atoms. The van der Waals surface area contributed by atoms with Crippen LogP contribution in [0.4, 0.5) is 20.2 Å². The normalized spacial score (nSPS) is 10.2. The summed E-state index contributed by atoms with van der Waals surface area (Å²) in [5, 5.41) is 5.34. The first-order valence-corrected chi connectivity index (χ1v) is 7.08. The SMILES string of the molecule is COC(=O)c1ccc(C)c(NCC(=O)Nc2ccc(F)c(F)c2)c1. The van der Waals surface area contributed by atoms with Crippen molar-refractivity contribution in [3.63, 3.8) is 0 Å². The van der Waals surface area contributed by atoms with E-state index in [1.165, 1.54) is 13.2 Å². The summed E-state index contributed by atoms with van der Waals surface area (Å²) < 4.78 is 30.6. The minimum atomic E-state index is -1.04. The second kappa shape index (κ2) is 7.54.